The monoisotopic (exact) mass is 426 g/mol. The van der Waals surface area contributed by atoms with Crippen LogP contribution in [0.5, 0.6) is 0 Å². The molecule has 1 saturated heterocycles. The van der Waals surface area contributed by atoms with Crippen molar-refractivity contribution < 1.29 is 4.79 Å². The molecule has 29 heavy (non-hydrogen) atoms. The fourth-order valence-corrected chi connectivity index (χ4v) is 6.52. The first-order chi connectivity index (χ1) is 14.1. The summed E-state index contributed by atoms with van der Waals surface area (Å²) in [6, 6.07) is 3.86. The second kappa shape index (κ2) is 7.69. The van der Waals surface area contributed by atoms with Gasteiger partial charge in [-0.05, 0) is 42.2 Å². The van der Waals surface area contributed by atoms with Gasteiger partial charge in [0.15, 0.2) is 0 Å². The summed E-state index contributed by atoms with van der Waals surface area (Å²) >= 11 is 3.40. The van der Waals surface area contributed by atoms with Gasteiger partial charge in [-0.2, -0.15) is 0 Å². The topological polar surface area (TPSA) is 49.3 Å². The van der Waals surface area contributed by atoms with Gasteiger partial charge in [-0.25, -0.2) is 9.97 Å². The summed E-state index contributed by atoms with van der Waals surface area (Å²) in [6.07, 6.45) is 4.39. The zero-order chi connectivity index (χ0) is 20.0. The van der Waals surface area contributed by atoms with E-state index >= 15 is 0 Å². The number of nitrogens with zero attached hydrogens (tertiary/aromatic N) is 4. The Bertz CT molecular complexity index is 1030. The molecule has 0 spiro atoms. The molecule has 3 aromatic heterocycles. The zero-order valence-electron chi connectivity index (χ0n) is 17.0. The van der Waals surface area contributed by atoms with Crippen LogP contribution < -0.4 is 4.90 Å². The smallest absolute Gasteiger partial charge is 0.264 e. The van der Waals surface area contributed by atoms with E-state index in [0.29, 0.717) is 0 Å². The van der Waals surface area contributed by atoms with E-state index in [4.69, 9.17) is 9.97 Å². The molecule has 2 aliphatic rings. The highest BCUT2D eigenvalue weighted by molar-refractivity contribution is 7.19. The number of rotatable bonds is 3. The van der Waals surface area contributed by atoms with Crippen molar-refractivity contribution in [1.82, 2.24) is 14.9 Å². The van der Waals surface area contributed by atoms with Crippen LogP contribution in [0.25, 0.3) is 10.2 Å². The van der Waals surface area contributed by atoms with Gasteiger partial charge in [0.1, 0.15) is 16.5 Å². The summed E-state index contributed by atoms with van der Waals surface area (Å²) in [4.78, 5) is 30.4. The molecule has 1 aliphatic heterocycles. The van der Waals surface area contributed by atoms with Gasteiger partial charge in [0.25, 0.3) is 5.91 Å². The summed E-state index contributed by atoms with van der Waals surface area (Å²) in [7, 11) is 0. The summed E-state index contributed by atoms with van der Waals surface area (Å²) in [5.41, 5.74) is 1.48. The van der Waals surface area contributed by atoms with Crippen molar-refractivity contribution in [2.75, 3.05) is 31.1 Å². The molecule has 0 radical (unpaired) electrons. The number of hydrogen-bond donors (Lipinski definition) is 0. The van der Waals surface area contributed by atoms with E-state index in [1.165, 1.54) is 40.0 Å². The number of aromatic nitrogens is 2. The van der Waals surface area contributed by atoms with Crippen molar-refractivity contribution in [2.45, 2.75) is 39.5 Å². The van der Waals surface area contributed by atoms with Gasteiger partial charge in [-0.3, -0.25) is 4.79 Å². The number of fused-ring (bicyclic) bond motifs is 3. The molecule has 152 valence electrons. The summed E-state index contributed by atoms with van der Waals surface area (Å²) in [6.45, 7) is 7.61. The number of carbonyl (C=O) groups is 1. The van der Waals surface area contributed by atoms with Crippen LogP contribution in [0.1, 0.15) is 46.2 Å². The fraction of sp³-hybridized carbons (Fsp3) is 0.500. The highest BCUT2D eigenvalue weighted by Gasteiger charge is 2.28. The lowest BCUT2D eigenvalue weighted by molar-refractivity contribution is 0.0751. The van der Waals surface area contributed by atoms with Crippen molar-refractivity contribution in [3.05, 3.63) is 38.7 Å². The average Bonchev–Trinajstić information content (AvgIpc) is 3.40. The molecule has 1 atom stereocenters. The van der Waals surface area contributed by atoms with Gasteiger partial charge in [-0.15, -0.1) is 22.7 Å². The number of thiophene rings is 2. The normalized spacial score (nSPS) is 19.6. The van der Waals surface area contributed by atoms with Crippen LogP contribution in [0, 0.1) is 5.92 Å². The number of aryl methyl sites for hydroxylation is 2. The summed E-state index contributed by atoms with van der Waals surface area (Å²) < 4.78 is 0. The second-order valence-electron chi connectivity index (χ2n) is 8.11. The Morgan fingerprint density at radius 2 is 2.07 bits per heavy atom. The molecule has 0 bridgehead atoms. The number of amides is 1. The molecular weight excluding hydrogens is 400 g/mol. The zero-order valence-corrected chi connectivity index (χ0v) is 18.6. The largest absolute Gasteiger partial charge is 0.352 e. The fourth-order valence-electron chi connectivity index (χ4n) is 4.43. The quantitative estimate of drug-likeness (QED) is 0.623. The maximum absolute atomic E-state index is 12.7. The molecule has 3 aromatic rings. The minimum Gasteiger partial charge on any atom is -0.352 e. The van der Waals surface area contributed by atoms with Gasteiger partial charge in [-0.1, -0.05) is 19.9 Å². The summed E-state index contributed by atoms with van der Waals surface area (Å²) in [5.74, 6) is 2.94. The van der Waals surface area contributed by atoms with Gasteiger partial charge in [0.2, 0.25) is 0 Å². The molecular formula is C22H26N4OS2. The Balaban J connectivity index is 1.45. The first kappa shape index (κ1) is 19.0. The van der Waals surface area contributed by atoms with Gasteiger partial charge in [0.05, 0.1) is 10.3 Å². The Morgan fingerprint density at radius 3 is 2.79 bits per heavy atom. The third-order valence-corrected chi connectivity index (χ3v) is 8.10. The lowest BCUT2D eigenvalue weighted by Gasteiger charge is -2.35. The van der Waals surface area contributed by atoms with Crippen molar-refractivity contribution in [1.29, 1.82) is 0 Å². The van der Waals surface area contributed by atoms with Crippen LogP contribution in [0.3, 0.4) is 0 Å². The van der Waals surface area contributed by atoms with E-state index in [9.17, 15) is 4.79 Å². The van der Waals surface area contributed by atoms with Crippen molar-refractivity contribution in [2.24, 2.45) is 5.92 Å². The molecule has 0 N–H and O–H groups in total. The third kappa shape index (κ3) is 3.44. The number of anilines is 1. The lowest BCUT2D eigenvalue weighted by atomic mass is 9.89. The molecule has 1 fully saturated rings. The van der Waals surface area contributed by atoms with Crippen LogP contribution in [-0.4, -0.2) is 47.0 Å². The Hall–Kier alpha value is -1.99. The minimum absolute atomic E-state index is 0.156. The Kier molecular flexibility index (Phi) is 5.04. The van der Waals surface area contributed by atoms with Gasteiger partial charge in [0, 0.05) is 37.5 Å². The van der Waals surface area contributed by atoms with E-state index in [-0.39, 0.29) is 5.91 Å². The Labute approximate surface area is 179 Å². The SMILES string of the molecule is CCc1nc(N2CCN(C(=O)c3cccs3)CC2)c2c3c(sc2n1)CC(C)CC3. The summed E-state index contributed by atoms with van der Waals surface area (Å²) in [5, 5.41) is 3.25. The number of hydrogen-bond acceptors (Lipinski definition) is 6. The lowest BCUT2D eigenvalue weighted by Crippen LogP contribution is -2.49. The Morgan fingerprint density at radius 1 is 1.24 bits per heavy atom. The molecule has 7 heteroatoms. The third-order valence-electron chi connectivity index (χ3n) is 6.10. The number of carbonyl (C=O) groups excluding carboxylic acids is 1. The highest BCUT2D eigenvalue weighted by atomic mass is 32.1. The maximum Gasteiger partial charge on any atom is 0.264 e. The maximum atomic E-state index is 12.7. The van der Waals surface area contributed by atoms with Crippen LogP contribution >= 0.6 is 22.7 Å². The van der Waals surface area contributed by atoms with Crippen molar-refractivity contribution >= 4 is 44.6 Å². The van der Waals surface area contributed by atoms with Crippen LogP contribution in [0.15, 0.2) is 17.5 Å². The highest BCUT2D eigenvalue weighted by Crippen LogP contribution is 2.41. The molecule has 0 aromatic carbocycles. The van der Waals surface area contributed by atoms with Crippen molar-refractivity contribution in [3.63, 3.8) is 0 Å². The second-order valence-corrected chi connectivity index (χ2v) is 10.1. The van der Waals surface area contributed by atoms with Crippen LogP contribution in [0.4, 0.5) is 5.82 Å². The van der Waals surface area contributed by atoms with Crippen molar-refractivity contribution in [3.8, 4) is 0 Å². The molecule has 5 nitrogen and oxygen atoms in total. The average molecular weight is 427 g/mol. The molecule has 1 aliphatic carbocycles. The standard InChI is InChI=1S/C22H26N4OS2/c1-3-18-23-20(19-15-7-6-14(2)13-17(15)29-21(19)24-18)25-8-10-26(11-9-25)22(27)16-5-4-12-28-16/h4-5,12,14H,3,6-11,13H2,1-2H3. The first-order valence-corrected chi connectivity index (χ1v) is 12.2. The van der Waals surface area contributed by atoms with E-state index in [2.05, 4.69) is 18.7 Å². The van der Waals surface area contributed by atoms with E-state index < -0.39 is 0 Å². The van der Waals surface area contributed by atoms with Crippen LogP contribution in [0.2, 0.25) is 0 Å². The van der Waals surface area contributed by atoms with E-state index in [0.717, 1.165) is 66.3 Å². The predicted octanol–water partition coefficient (Wildman–Crippen LogP) is 4.40. The number of piperazine rings is 1. The van der Waals surface area contributed by atoms with Gasteiger partial charge < -0.3 is 9.80 Å². The molecule has 1 amide bonds. The van der Waals surface area contributed by atoms with Gasteiger partial charge >= 0.3 is 0 Å². The molecule has 0 saturated carbocycles. The molecule has 4 heterocycles. The van der Waals surface area contributed by atoms with E-state index in [1.807, 2.05) is 33.7 Å². The molecule has 5 rings (SSSR count). The molecule has 1 unspecified atom stereocenters. The predicted molar refractivity (Wildman–Crippen MR) is 120 cm³/mol. The first-order valence-electron chi connectivity index (χ1n) is 10.5. The van der Waals surface area contributed by atoms with Crippen LogP contribution in [-0.2, 0) is 19.3 Å². The minimum atomic E-state index is 0.156. The van der Waals surface area contributed by atoms with E-state index in [1.54, 1.807) is 0 Å².